The maximum atomic E-state index is 14.2. The highest BCUT2D eigenvalue weighted by molar-refractivity contribution is 6.24. The van der Waals surface area contributed by atoms with Gasteiger partial charge in [-0.2, -0.15) is 10.7 Å². The standard InChI is InChI=1S/C31H48Cl2N6O6/c1-30(2,3)45-29(44)34-23-10-8-6-4-5-7-9-18-15-31(18,28(42)43)16-25(40)24-14-20(17-38(24)27(23)41)39-36-26(35-37-39)21-12-11-19(32)13-22(21)33/h7,9,18-24,26,35-37H,4-6,8,10-17H2,1-3H3,(H,34,44)(H,42,43)/b9-7-/t18-,19?,20+,21?,22?,23-,24+,26?,31+/m1/s1. The number of carboxylic acid groups (broad SMARTS) is 1. The van der Waals surface area contributed by atoms with Gasteiger partial charge in [-0.05, 0) is 78.1 Å². The molecule has 2 saturated heterocycles. The second kappa shape index (κ2) is 14.0. The van der Waals surface area contributed by atoms with Gasteiger partial charge >= 0.3 is 12.1 Å². The number of hydrogen-bond donors (Lipinski definition) is 5. The number of rotatable bonds is 4. The van der Waals surface area contributed by atoms with E-state index in [9.17, 15) is 24.3 Å². The van der Waals surface area contributed by atoms with Gasteiger partial charge in [-0.15, -0.1) is 23.2 Å². The number of alkyl halides is 2. The summed E-state index contributed by atoms with van der Waals surface area (Å²) >= 11 is 13.0. The second-order valence-electron chi connectivity index (χ2n) is 14.4. The van der Waals surface area contributed by atoms with E-state index in [1.165, 1.54) is 4.90 Å². The third-order valence-electron chi connectivity index (χ3n) is 9.87. The van der Waals surface area contributed by atoms with Crippen LogP contribution in [-0.2, 0) is 19.1 Å². The zero-order valence-electron chi connectivity index (χ0n) is 26.4. The van der Waals surface area contributed by atoms with Gasteiger partial charge in [0.1, 0.15) is 11.6 Å². The van der Waals surface area contributed by atoms with Crippen molar-refractivity contribution in [2.45, 2.75) is 132 Å². The third-order valence-corrected chi connectivity index (χ3v) is 10.8. The van der Waals surface area contributed by atoms with E-state index in [1.54, 1.807) is 25.9 Å². The van der Waals surface area contributed by atoms with Crippen LogP contribution in [0.4, 0.5) is 4.79 Å². The van der Waals surface area contributed by atoms with E-state index in [0.717, 1.165) is 32.1 Å². The highest BCUT2D eigenvalue weighted by Crippen LogP contribution is 2.57. The zero-order valence-corrected chi connectivity index (χ0v) is 27.9. The van der Waals surface area contributed by atoms with Gasteiger partial charge in [0.2, 0.25) is 5.91 Å². The Balaban J connectivity index is 1.37. The lowest BCUT2D eigenvalue weighted by Crippen LogP contribution is -2.54. The average molecular weight is 672 g/mol. The van der Waals surface area contributed by atoms with Crippen LogP contribution in [0.5, 0.6) is 0 Å². The minimum absolute atomic E-state index is 0.0577. The van der Waals surface area contributed by atoms with E-state index in [1.807, 2.05) is 12.2 Å². The molecule has 3 heterocycles. The summed E-state index contributed by atoms with van der Waals surface area (Å²) in [5.74, 6) is -1.71. The summed E-state index contributed by atoms with van der Waals surface area (Å²) in [6.45, 7) is 5.48. The summed E-state index contributed by atoms with van der Waals surface area (Å²) in [6.07, 6.45) is 9.68. The van der Waals surface area contributed by atoms with Gasteiger partial charge in [-0.1, -0.05) is 25.0 Å². The number of amides is 2. The SMILES string of the molecule is CC(C)(C)OC(=O)N[C@@H]1CCCCC/C=C\[C@@H]2C[C@]2(C(=O)O)CC(=O)[C@@H]2C[C@H](N3NNC(C4CCC(Cl)CC4Cl)N3)CN2C1=O. The number of ether oxygens (including phenoxy) is 1. The van der Waals surface area contributed by atoms with Crippen molar-refractivity contribution in [1.82, 2.24) is 31.7 Å². The van der Waals surface area contributed by atoms with E-state index in [-0.39, 0.29) is 59.5 Å². The molecule has 5 rings (SSSR count). The molecule has 3 aliphatic heterocycles. The number of hydrogen-bond acceptors (Lipinski definition) is 9. The number of allylic oxidation sites excluding steroid dienone is 2. The number of halogens is 2. The van der Waals surface area contributed by atoms with Crippen molar-refractivity contribution in [2.75, 3.05) is 6.54 Å². The molecule has 4 fully saturated rings. The number of nitrogens with one attached hydrogen (secondary N) is 4. The molecule has 2 amide bonds. The molecule has 0 aromatic heterocycles. The van der Waals surface area contributed by atoms with Crippen LogP contribution in [0.3, 0.4) is 0 Å². The molecule has 9 atom stereocenters. The Hall–Kier alpha value is -1.96. The van der Waals surface area contributed by atoms with Crippen LogP contribution in [0.25, 0.3) is 0 Å². The average Bonchev–Trinajstić information content (AvgIpc) is 3.26. The first-order chi connectivity index (χ1) is 21.3. The van der Waals surface area contributed by atoms with Crippen molar-refractivity contribution < 1.29 is 29.0 Å². The Morgan fingerprint density at radius 3 is 2.60 bits per heavy atom. The van der Waals surface area contributed by atoms with Crippen molar-refractivity contribution in [1.29, 1.82) is 0 Å². The number of ketones is 1. The quantitative estimate of drug-likeness (QED) is 0.222. The molecule has 252 valence electrons. The van der Waals surface area contributed by atoms with Crippen molar-refractivity contribution in [3.63, 3.8) is 0 Å². The number of aliphatic carboxylic acids is 1. The first kappa shape index (κ1) is 34.4. The van der Waals surface area contributed by atoms with Gasteiger partial charge in [-0.3, -0.25) is 14.4 Å². The van der Waals surface area contributed by atoms with Crippen LogP contribution in [0.2, 0.25) is 0 Å². The normalized spacial score (nSPS) is 39.3. The topological polar surface area (TPSA) is 152 Å². The summed E-state index contributed by atoms with van der Waals surface area (Å²) in [5.41, 5.74) is 7.97. The summed E-state index contributed by atoms with van der Waals surface area (Å²) in [4.78, 5) is 55.0. The van der Waals surface area contributed by atoms with Gasteiger partial charge in [-0.25, -0.2) is 15.6 Å². The van der Waals surface area contributed by atoms with E-state index in [2.05, 4.69) is 21.7 Å². The van der Waals surface area contributed by atoms with Gasteiger partial charge in [0.05, 0.1) is 23.7 Å². The van der Waals surface area contributed by atoms with Gasteiger partial charge in [0, 0.05) is 29.6 Å². The fraction of sp³-hybridized carbons (Fsp3) is 0.806. The summed E-state index contributed by atoms with van der Waals surface area (Å²) in [5, 5.41) is 14.7. The number of carbonyl (C=O) groups is 4. The van der Waals surface area contributed by atoms with E-state index >= 15 is 0 Å². The van der Waals surface area contributed by atoms with Gasteiger partial charge in [0.15, 0.2) is 5.78 Å². The maximum Gasteiger partial charge on any atom is 0.408 e. The van der Waals surface area contributed by atoms with Crippen LogP contribution in [0, 0.1) is 17.3 Å². The smallest absolute Gasteiger partial charge is 0.408 e. The van der Waals surface area contributed by atoms with Crippen molar-refractivity contribution in [3.05, 3.63) is 12.2 Å². The fourth-order valence-electron chi connectivity index (χ4n) is 7.26. The molecule has 0 aromatic carbocycles. The third kappa shape index (κ3) is 8.13. The lowest BCUT2D eigenvalue weighted by molar-refractivity contribution is -0.147. The molecule has 5 aliphatic rings. The van der Waals surface area contributed by atoms with Crippen LogP contribution < -0.4 is 21.7 Å². The van der Waals surface area contributed by atoms with Crippen molar-refractivity contribution in [2.24, 2.45) is 17.3 Å². The molecule has 2 aliphatic carbocycles. The highest BCUT2D eigenvalue weighted by atomic mass is 35.5. The predicted octanol–water partition coefficient (Wildman–Crippen LogP) is 3.59. The molecule has 5 N–H and O–H groups in total. The number of nitrogens with zero attached hydrogens (tertiary/aromatic N) is 2. The molecule has 0 bridgehead atoms. The largest absolute Gasteiger partial charge is 0.481 e. The lowest BCUT2D eigenvalue weighted by atomic mass is 9.86. The van der Waals surface area contributed by atoms with E-state index in [0.29, 0.717) is 32.1 Å². The van der Waals surface area contributed by atoms with Crippen LogP contribution in [-0.4, -0.2) is 86.1 Å². The Kier molecular flexibility index (Phi) is 10.7. The Bertz CT molecular complexity index is 1170. The number of hydrazine groups is 3. The number of Topliss-reactive ketones (excluding diaryl/α,β-unsaturated/α-hetero) is 1. The van der Waals surface area contributed by atoms with Gasteiger partial charge in [0.25, 0.3) is 0 Å². The predicted molar refractivity (Wildman–Crippen MR) is 169 cm³/mol. The van der Waals surface area contributed by atoms with Gasteiger partial charge < -0.3 is 20.1 Å². The molecule has 0 radical (unpaired) electrons. The number of carboxylic acids is 1. The minimum Gasteiger partial charge on any atom is -0.481 e. The summed E-state index contributed by atoms with van der Waals surface area (Å²) in [6, 6.07) is -2.04. The van der Waals surface area contributed by atoms with E-state index < -0.39 is 35.2 Å². The molecular formula is C31H48Cl2N6O6. The molecule has 0 aromatic rings. The molecule has 2 saturated carbocycles. The summed E-state index contributed by atoms with van der Waals surface area (Å²) in [7, 11) is 0. The van der Waals surface area contributed by atoms with Crippen molar-refractivity contribution >= 4 is 47.0 Å². The minimum atomic E-state index is -1.15. The van der Waals surface area contributed by atoms with Crippen LogP contribution >= 0.6 is 23.2 Å². The Morgan fingerprint density at radius 2 is 1.89 bits per heavy atom. The monoisotopic (exact) mass is 670 g/mol. The summed E-state index contributed by atoms with van der Waals surface area (Å²) < 4.78 is 5.48. The number of carbonyl (C=O) groups excluding carboxylic acids is 3. The van der Waals surface area contributed by atoms with Crippen LogP contribution in [0.15, 0.2) is 12.2 Å². The maximum absolute atomic E-state index is 14.2. The number of fused-ring (bicyclic) bond motifs is 2. The molecule has 14 heteroatoms. The first-order valence-corrected chi connectivity index (χ1v) is 17.2. The molecule has 4 unspecified atom stereocenters. The zero-order chi connectivity index (χ0) is 32.5. The molecular weight excluding hydrogens is 623 g/mol. The van der Waals surface area contributed by atoms with Crippen LogP contribution in [0.1, 0.15) is 91.4 Å². The first-order valence-electron chi connectivity index (χ1n) is 16.3. The van der Waals surface area contributed by atoms with E-state index in [4.69, 9.17) is 27.9 Å². The molecule has 0 spiro atoms. The second-order valence-corrected chi connectivity index (χ2v) is 15.6. The Morgan fingerprint density at radius 1 is 1.11 bits per heavy atom. The highest BCUT2D eigenvalue weighted by Gasteiger charge is 2.61. The van der Waals surface area contributed by atoms with Crippen molar-refractivity contribution in [3.8, 4) is 0 Å². The number of alkyl carbamates (subject to hydrolysis) is 1. The Labute approximate surface area is 275 Å². The lowest BCUT2D eigenvalue weighted by Gasteiger charge is -2.33. The molecule has 12 nitrogen and oxygen atoms in total. The fourth-order valence-corrected chi connectivity index (χ4v) is 8.16. The molecule has 45 heavy (non-hydrogen) atoms.